The van der Waals surface area contributed by atoms with Crippen LogP contribution in [0.2, 0.25) is 0 Å². The lowest BCUT2D eigenvalue weighted by molar-refractivity contribution is 0.357. The molecule has 0 bridgehead atoms. The molecule has 29 heavy (non-hydrogen) atoms. The summed E-state index contributed by atoms with van der Waals surface area (Å²) in [6.07, 6.45) is 7.74. The van der Waals surface area contributed by atoms with E-state index in [9.17, 15) is 0 Å². The third-order valence-corrected chi connectivity index (χ3v) is 7.03. The van der Waals surface area contributed by atoms with Crippen LogP contribution in [-0.2, 0) is 11.9 Å². The molecule has 2 N–H and O–H groups in total. The van der Waals surface area contributed by atoms with Gasteiger partial charge in [0, 0.05) is 60.4 Å². The first-order valence-corrected chi connectivity index (χ1v) is 11.5. The molecular formula is C23H30FN4S+. The number of dihydropyridines is 1. The molecule has 2 aliphatic heterocycles. The van der Waals surface area contributed by atoms with Crippen molar-refractivity contribution in [3.63, 3.8) is 0 Å². The molecule has 4 nitrogen and oxygen atoms in total. The van der Waals surface area contributed by atoms with Crippen molar-refractivity contribution in [1.82, 2.24) is 14.6 Å². The number of benzene rings is 1. The molecule has 3 heterocycles. The van der Waals surface area contributed by atoms with Gasteiger partial charge in [0.25, 0.3) is 0 Å². The summed E-state index contributed by atoms with van der Waals surface area (Å²) in [4.78, 5) is 4.32. The van der Waals surface area contributed by atoms with Gasteiger partial charge in [-0.2, -0.15) is 0 Å². The third kappa shape index (κ3) is 4.28. The van der Waals surface area contributed by atoms with Crippen molar-refractivity contribution in [3.05, 3.63) is 53.8 Å². The fraction of sp³-hybridized carbons (Fsp3) is 0.435. The highest BCUT2D eigenvalue weighted by Gasteiger charge is 2.24. The van der Waals surface area contributed by atoms with E-state index in [0.717, 1.165) is 53.5 Å². The summed E-state index contributed by atoms with van der Waals surface area (Å²) in [5.74, 6) is 1.05. The van der Waals surface area contributed by atoms with Gasteiger partial charge in [-0.1, -0.05) is 0 Å². The molecule has 1 unspecified atom stereocenters. The first-order chi connectivity index (χ1) is 14.1. The molecule has 0 amide bonds. The van der Waals surface area contributed by atoms with E-state index < -0.39 is 0 Å². The van der Waals surface area contributed by atoms with Crippen LogP contribution in [0, 0.1) is 0 Å². The number of halogens is 1. The number of allylic oxidation sites excluding steroid dienone is 2. The molecular weight excluding hydrogens is 383 g/mol. The fourth-order valence-electron chi connectivity index (χ4n) is 4.05. The van der Waals surface area contributed by atoms with Gasteiger partial charge in [0.15, 0.2) is 0 Å². The van der Waals surface area contributed by atoms with Gasteiger partial charge in [0.2, 0.25) is 0 Å². The molecule has 4 rings (SSSR count). The lowest BCUT2D eigenvalue weighted by Crippen LogP contribution is -2.38. The second-order valence-corrected chi connectivity index (χ2v) is 9.37. The number of piperidine rings is 1. The lowest BCUT2D eigenvalue weighted by Gasteiger charge is -2.29. The first-order valence-electron chi connectivity index (χ1n) is 10.5. The molecule has 2 aliphatic rings. The van der Waals surface area contributed by atoms with E-state index in [1.54, 1.807) is 12.4 Å². The van der Waals surface area contributed by atoms with E-state index in [0.29, 0.717) is 11.6 Å². The number of fused-ring (bicyclic) bond motifs is 1. The summed E-state index contributed by atoms with van der Waals surface area (Å²) in [5, 5.41) is 9.19. The van der Waals surface area contributed by atoms with Crippen molar-refractivity contribution < 1.29 is 4.39 Å². The number of thiol groups is 1. The Kier molecular flexibility index (Phi) is 6.11. The second-order valence-electron chi connectivity index (χ2n) is 7.89. The summed E-state index contributed by atoms with van der Waals surface area (Å²) in [6.45, 7) is 8.29. The summed E-state index contributed by atoms with van der Waals surface area (Å²) < 4.78 is 17.5. The number of nitrogens with zero attached hydrogens (tertiary/aromatic N) is 2. The van der Waals surface area contributed by atoms with Gasteiger partial charge in [0.1, 0.15) is 11.6 Å². The normalized spacial score (nSPS) is 21.2. The minimum Gasteiger partial charge on any atom is -0.384 e. The van der Waals surface area contributed by atoms with Gasteiger partial charge >= 0.3 is 0 Å². The molecule has 1 atom stereocenters. The van der Waals surface area contributed by atoms with Gasteiger partial charge in [0.05, 0.1) is 11.9 Å². The molecule has 1 fully saturated rings. The third-order valence-electron chi connectivity index (χ3n) is 5.95. The lowest BCUT2D eigenvalue weighted by atomic mass is 9.94. The first kappa shape index (κ1) is 20.2. The monoisotopic (exact) mass is 413 g/mol. The fourth-order valence-corrected chi connectivity index (χ4v) is 4.97. The molecule has 0 radical (unpaired) electrons. The Hall–Kier alpha value is -2.05. The van der Waals surface area contributed by atoms with Crippen LogP contribution in [0.25, 0.3) is 16.3 Å². The Balaban J connectivity index is 1.64. The average Bonchev–Trinajstić information content (AvgIpc) is 2.74. The number of rotatable bonds is 5. The number of hydrogen-bond acceptors (Lipinski definition) is 4. The average molecular weight is 414 g/mol. The molecule has 2 aromatic rings. The van der Waals surface area contributed by atoms with Gasteiger partial charge < -0.3 is 10.6 Å². The zero-order valence-corrected chi connectivity index (χ0v) is 18.3. The highest BCUT2D eigenvalue weighted by molar-refractivity contribution is 7.76. The van der Waals surface area contributed by atoms with Gasteiger partial charge in [-0.25, -0.2) is 4.39 Å². The predicted molar refractivity (Wildman–Crippen MR) is 124 cm³/mol. The van der Waals surface area contributed by atoms with E-state index in [-0.39, 0.29) is 11.9 Å². The van der Waals surface area contributed by atoms with Crippen LogP contribution in [-0.4, -0.2) is 40.2 Å². The van der Waals surface area contributed by atoms with E-state index in [1.165, 1.54) is 17.7 Å². The maximum absolute atomic E-state index is 15.0. The van der Waals surface area contributed by atoms with Crippen LogP contribution in [0.4, 0.5) is 10.1 Å². The Morgan fingerprint density at radius 1 is 1.31 bits per heavy atom. The summed E-state index contributed by atoms with van der Waals surface area (Å²) in [5.41, 5.74) is 3.31. The van der Waals surface area contributed by atoms with Crippen LogP contribution >= 0.6 is 0 Å². The molecule has 1 aromatic heterocycles. The van der Waals surface area contributed by atoms with Crippen LogP contribution in [0.15, 0.2) is 48.2 Å². The summed E-state index contributed by atoms with van der Waals surface area (Å²) in [6, 6.07) is 6.59. The van der Waals surface area contributed by atoms with Crippen molar-refractivity contribution in [2.75, 3.05) is 24.2 Å². The highest BCUT2D eigenvalue weighted by atomic mass is 32.2. The van der Waals surface area contributed by atoms with Gasteiger partial charge in [-0.3, -0.25) is 4.98 Å². The van der Waals surface area contributed by atoms with Crippen LogP contribution in [0.3, 0.4) is 0 Å². The van der Waals surface area contributed by atoms with E-state index >= 15 is 4.39 Å². The van der Waals surface area contributed by atoms with Crippen molar-refractivity contribution in [2.45, 2.75) is 45.7 Å². The minimum atomic E-state index is -0.123. The largest absolute Gasteiger partial charge is 0.384 e. The Labute approximate surface area is 176 Å². The molecule has 1 aromatic carbocycles. The Morgan fingerprint density at radius 3 is 2.86 bits per heavy atom. The maximum Gasteiger partial charge on any atom is 0.133 e. The number of pyridine rings is 1. The van der Waals surface area contributed by atoms with Gasteiger partial charge in [-0.05, 0) is 68.3 Å². The van der Waals surface area contributed by atoms with Crippen LogP contribution in [0.1, 0.15) is 39.2 Å². The number of anilines is 1. The van der Waals surface area contributed by atoms with E-state index in [1.807, 2.05) is 26.1 Å². The minimum absolute atomic E-state index is 0.0218. The topological polar surface area (TPSA) is 40.2 Å². The van der Waals surface area contributed by atoms with Crippen LogP contribution < -0.4 is 10.6 Å². The molecule has 6 heteroatoms. The summed E-state index contributed by atoms with van der Waals surface area (Å²) in [7, 11) is 0. The zero-order valence-electron chi connectivity index (χ0n) is 17.4. The van der Waals surface area contributed by atoms with Crippen molar-refractivity contribution in [3.8, 4) is 0 Å². The zero-order chi connectivity index (χ0) is 20.4. The quantitative estimate of drug-likeness (QED) is 0.562. The molecule has 0 saturated carbocycles. The highest BCUT2D eigenvalue weighted by Crippen LogP contribution is 2.35. The number of nitrogens with one attached hydrogen (secondary N) is 2. The van der Waals surface area contributed by atoms with Crippen molar-refractivity contribution >= 4 is 34.0 Å². The van der Waals surface area contributed by atoms with Crippen molar-refractivity contribution in [2.24, 2.45) is 0 Å². The molecule has 0 spiro atoms. The van der Waals surface area contributed by atoms with E-state index in [2.05, 4.69) is 39.0 Å². The van der Waals surface area contributed by atoms with Gasteiger partial charge in [-0.15, -0.1) is 4.31 Å². The Morgan fingerprint density at radius 2 is 2.10 bits per heavy atom. The predicted octanol–water partition coefficient (Wildman–Crippen LogP) is 4.44. The number of hydrogen-bond donors (Lipinski definition) is 2. The molecule has 154 valence electrons. The number of aromatic nitrogens is 1. The maximum atomic E-state index is 15.0. The SMILES string of the molecule is CC[SH+]N1CCC(Nc2cc(C3=CNC(C)C(C)=C3F)cc3ccncc23)CC1. The smallest absolute Gasteiger partial charge is 0.133 e. The summed E-state index contributed by atoms with van der Waals surface area (Å²) >= 11 is 1.43. The standard InChI is InChI=1S/C23H29FN4S/c1-4-29-28-9-6-19(7-10-28)27-22-12-18(11-17-5-8-25-13-20(17)22)21-14-26-16(3)15(2)23(21)24/h5,8,11-14,16,19,26-27H,4,6-7,9-10H2,1-3H3/p+1. The molecule has 1 saturated heterocycles. The van der Waals surface area contributed by atoms with E-state index in [4.69, 9.17) is 0 Å². The van der Waals surface area contributed by atoms with Crippen molar-refractivity contribution in [1.29, 1.82) is 0 Å². The molecule has 0 aliphatic carbocycles. The van der Waals surface area contributed by atoms with Crippen LogP contribution in [0.5, 0.6) is 0 Å². The Bertz CT molecular complexity index is 947. The second kappa shape index (κ2) is 8.76.